The van der Waals surface area contributed by atoms with E-state index in [0.717, 1.165) is 26.5 Å². The molecule has 2 heterocycles. The minimum atomic E-state index is -0.0705. The molecule has 0 bridgehead atoms. The summed E-state index contributed by atoms with van der Waals surface area (Å²) in [6.45, 7) is 0. The number of hydrogen-bond acceptors (Lipinski definition) is 3. The molecule has 0 spiro atoms. The average molecular weight is 310 g/mol. The monoisotopic (exact) mass is 309 g/mol. The highest BCUT2D eigenvalue weighted by atomic mass is 79.9. The number of rotatable bonds is 1. The van der Waals surface area contributed by atoms with Crippen LogP contribution in [0, 0.1) is 0 Å². The van der Waals surface area contributed by atoms with Crippen LogP contribution >= 0.6 is 27.3 Å². The van der Waals surface area contributed by atoms with Crippen molar-refractivity contribution < 1.29 is 4.74 Å². The van der Waals surface area contributed by atoms with Gasteiger partial charge in [0, 0.05) is 15.2 Å². The number of pyridine rings is 1. The summed E-state index contributed by atoms with van der Waals surface area (Å²) in [5.41, 5.74) is 0.743. The number of halogens is 1. The number of nitrogens with one attached hydrogen (secondary N) is 1. The SMILES string of the molecule is COc1csc2c(=O)[nH]c3cccc(Br)c3c12. The third-order valence-electron chi connectivity index (χ3n) is 2.70. The Hall–Kier alpha value is -1.33. The number of thiophene rings is 1. The summed E-state index contributed by atoms with van der Waals surface area (Å²) in [6.07, 6.45) is 0. The minimum Gasteiger partial charge on any atom is -0.495 e. The molecule has 0 saturated heterocycles. The maximum absolute atomic E-state index is 11.9. The Morgan fingerprint density at radius 2 is 2.18 bits per heavy atom. The number of ether oxygens (including phenoxy) is 1. The number of hydrogen-bond donors (Lipinski definition) is 1. The average Bonchev–Trinajstić information content (AvgIpc) is 2.73. The van der Waals surface area contributed by atoms with Gasteiger partial charge in [0.15, 0.2) is 0 Å². The lowest BCUT2D eigenvalue weighted by Crippen LogP contribution is -2.04. The first kappa shape index (κ1) is 10.8. The lowest BCUT2D eigenvalue weighted by Gasteiger charge is -2.04. The Morgan fingerprint density at radius 1 is 1.35 bits per heavy atom. The first-order valence-corrected chi connectivity index (χ1v) is 6.65. The standard InChI is InChI=1S/C12H8BrNO2S/c1-16-8-5-17-11-10(8)9-6(13)3-2-4-7(9)14-12(11)15/h2-5H,1H3,(H,14,15). The third kappa shape index (κ3) is 1.50. The highest BCUT2D eigenvalue weighted by Gasteiger charge is 2.14. The predicted molar refractivity (Wildman–Crippen MR) is 74.2 cm³/mol. The van der Waals surface area contributed by atoms with Crippen LogP contribution in [0.1, 0.15) is 0 Å². The summed E-state index contributed by atoms with van der Waals surface area (Å²) >= 11 is 4.92. The van der Waals surface area contributed by atoms with E-state index in [1.807, 2.05) is 23.6 Å². The van der Waals surface area contributed by atoms with Gasteiger partial charge in [-0.2, -0.15) is 0 Å². The number of fused-ring (bicyclic) bond motifs is 3. The van der Waals surface area contributed by atoms with Crippen LogP contribution in [0.15, 0.2) is 32.8 Å². The van der Waals surface area contributed by atoms with Gasteiger partial charge < -0.3 is 9.72 Å². The Morgan fingerprint density at radius 3 is 2.94 bits per heavy atom. The van der Waals surface area contributed by atoms with Gasteiger partial charge in [0.05, 0.1) is 18.0 Å². The Bertz CT molecular complexity index is 775. The first-order chi connectivity index (χ1) is 8.22. The molecule has 0 saturated carbocycles. The van der Waals surface area contributed by atoms with Gasteiger partial charge in [-0.15, -0.1) is 11.3 Å². The molecule has 0 amide bonds. The van der Waals surface area contributed by atoms with E-state index in [1.165, 1.54) is 11.3 Å². The van der Waals surface area contributed by atoms with Crippen LogP contribution in [-0.4, -0.2) is 12.1 Å². The molecule has 1 aromatic carbocycles. The van der Waals surface area contributed by atoms with E-state index in [4.69, 9.17) is 4.74 Å². The molecule has 17 heavy (non-hydrogen) atoms. The van der Waals surface area contributed by atoms with E-state index in [1.54, 1.807) is 7.11 Å². The molecular weight excluding hydrogens is 302 g/mol. The maximum Gasteiger partial charge on any atom is 0.266 e. The summed E-state index contributed by atoms with van der Waals surface area (Å²) in [7, 11) is 1.62. The van der Waals surface area contributed by atoms with Crippen LogP contribution in [0.2, 0.25) is 0 Å². The number of aromatic amines is 1. The lowest BCUT2D eigenvalue weighted by atomic mass is 10.1. The van der Waals surface area contributed by atoms with Crippen molar-refractivity contribution in [2.24, 2.45) is 0 Å². The molecule has 3 rings (SSSR count). The van der Waals surface area contributed by atoms with Gasteiger partial charge in [-0.05, 0) is 12.1 Å². The molecule has 0 aliphatic rings. The Labute approximate surface area is 109 Å². The van der Waals surface area contributed by atoms with E-state index in [0.29, 0.717) is 4.70 Å². The normalized spacial score (nSPS) is 11.2. The smallest absolute Gasteiger partial charge is 0.266 e. The van der Waals surface area contributed by atoms with Crippen LogP contribution in [0.5, 0.6) is 5.75 Å². The Kier molecular flexibility index (Phi) is 2.45. The minimum absolute atomic E-state index is 0.0705. The van der Waals surface area contributed by atoms with E-state index in [2.05, 4.69) is 20.9 Å². The van der Waals surface area contributed by atoms with Gasteiger partial charge in [-0.3, -0.25) is 4.79 Å². The van der Waals surface area contributed by atoms with Crippen molar-refractivity contribution in [2.75, 3.05) is 7.11 Å². The molecule has 2 aromatic heterocycles. The van der Waals surface area contributed by atoms with Gasteiger partial charge in [-0.25, -0.2) is 0 Å². The molecule has 0 radical (unpaired) electrons. The Balaban J connectivity index is 2.68. The zero-order valence-corrected chi connectivity index (χ0v) is 11.3. The third-order valence-corrected chi connectivity index (χ3v) is 4.31. The summed E-state index contributed by atoms with van der Waals surface area (Å²) in [4.78, 5) is 14.8. The molecule has 0 fully saturated rings. The van der Waals surface area contributed by atoms with Crippen molar-refractivity contribution in [3.63, 3.8) is 0 Å². The second-order valence-electron chi connectivity index (χ2n) is 3.62. The van der Waals surface area contributed by atoms with Crippen LogP contribution in [0.3, 0.4) is 0 Å². The van der Waals surface area contributed by atoms with E-state index < -0.39 is 0 Å². The number of benzene rings is 1. The fourth-order valence-corrected chi connectivity index (χ4v) is 3.44. The lowest BCUT2D eigenvalue weighted by molar-refractivity contribution is 0.421. The zero-order chi connectivity index (χ0) is 12.0. The maximum atomic E-state index is 11.9. The largest absolute Gasteiger partial charge is 0.495 e. The second kappa shape index (κ2) is 3.85. The van der Waals surface area contributed by atoms with Gasteiger partial charge in [0.25, 0.3) is 5.56 Å². The molecule has 3 aromatic rings. The molecule has 1 N–H and O–H groups in total. The first-order valence-electron chi connectivity index (χ1n) is 4.98. The molecule has 86 valence electrons. The number of aromatic nitrogens is 1. The van der Waals surface area contributed by atoms with Gasteiger partial charge >= 0.3 is 0 Å². The van der Waals surface area contributed by atoms with Crippen molar-refractivity contribution in [3.8, 4) is 5.75 Å². The molecule has 3 nitrogen and oxygen atoms in total. The van der Waals surface area contributed by atoms with Crippen LogP contribution in [-0.2, 0) is 0 Å². The van der Waals surface area contributed by atoms with Crippen LogP contribution in [0.25, 0.3) is 21.0 Å². The molecule has 5 heteroatoms. The van der Waals surface area contributed by atoms with Crippen molar-refractivity contribution in [3.05, 3.63) is 38.4 Å². The highest BCUT2D eigenvalue weighted by Crippen LogP contribution is 2.37. The van der Waals surface area contributed by atoms with Crippen LogP contribution < -0.4 is 10.3 Å². The van der Waals surface area contributed by atoms with E-state index in [9.17, 15) is 4.79 Å². The number of methoxy groups -OCH3 is 1. The number of H-pyrrole nitrogens is 1. The van der Waals surface area contributed by atoms with Crippen molar-refractivity contribution in [2.45, 2.75) is 0 Å². The van der Waals surface area contributed by atoms with Crippen molar-refractivity contribution in [1.82, 2.24) is 4.98 Å². The summed E-state index contributed by atoms with van der Waals surface area (Å²) in [5.74, 6) is 0.744. The topological polar surface area (TPSA) is 42.1 Å². The van der Waals surface area contributed by atoms with Crippen LogP contribution in [0.4, 0.5) is 0 Å². The predicted octanol–water partition coefficient (Wildman–Crippen LogP) is 3.51. The summed E-state index contributed by atoms with van der Waals surface area (Å²) in [6, 6.07) is 5.74. The highest BCUT2D eigenvalue weighted by molar-refractivity contribution is 9.10. The van der Waals surface area contributed by atoms with E-state index >= 15 is 0 Å². The zero-order valence-electron chi connectivity index (χ0n) is 8.91. The molecule has 0 aliphatic heterocycles. The molecular formula is C12H8BrNO2S. The summed E-state index contributed by atoms with van der Waals surface area (Å²) < 4.78 is 6.97. The fourth-order valence-electron chi connectivity index (χ4n) is 1.96. The second-order valence-corrected chi connectivity index (χ2v) is 5.36. The fraction of sp³-hybridized carbons (Fsp3) is 0.0833. The molecule has 0 atom stereocenters. The summed E-state index contributed by atoms with van der Waals surface area (Å²) in [5, 5.41) is 3.72. The van der Waals surface area contributed by atoms with Crippen molar-refractivity contribution >= 4 is 48.3 Å². The van der Waals surface area contributed by atoms with Crippen molar-refractivity contribution in [1.29, 1.82) is 0 Å². The van der Waals surface area contributed by atoms with Gasteiger partial charge in [0.2, 0.25) is 0 Å². The van der Waals surface area contributed by atoms with Gasteiger partial charge in [-0.1, -0.05) is 22.0 Å². The molecule has 0 unspecified atom stereocenters. The quantitative estimate of drug-likeness (QED) is 0.747. The van der Waals surface area contributed by atoms with Gasteiger partial charge in [0.1, 0.15) is 10.4 Å². The molecule has 0 aliphatic carbocycles. The van der Waals surface area contributed by atoms with E-state index in [-0.39, 0.29) is 5.56 Å².